The summed E-state index contributed by atoms with van der Waals surface area (Å²) >= 11 is 0. The van der Waals surface area contributed by atoms with Gasteiger partial charge in [0.1, 0.15) is 5.75 Å². The van der Waals surface area contributed by atoms with Gasteiger partial charge in [-0.25, -0.2) is 4.99 Å². The van der Waals surface area contributed by atoms with Crippen molar-refractivity contribution in [2.24, 2.45) is 4.99 Å². The molecule has 0 atom stereocenters. The predicted octanol–water partition coefficient (Wildman–Crippen LogP) is 2.95. The fraction of sp³-hybridized carbons (Fsp3) is 0.533. The first-order valence-corrected chi connectivity index (χ1v) is 7.25. The van der Waals surface area contributed by atoms with E-state index in [0.717, 1.165) is 0 Å². The molecule has 0 heterocycles. The molecule has 0 aliphatic heterocycles. The van der Waals surface area contributed by atoms with Crippen LogP contribution in [0.2, 0.25) is 0 Å². The van der Waals surface area contributed by atoms with E-state index in [1.54, 1.807) is 25.3 Å². The Morgan fingerprint density at radius 2 is 1.92 bits per heavy atom. The molecule has 1 aromatic rings. The quantitative estimate of drug-likeness (QED) is 0.271. The number of benzene rings is 1. The van der Waals surface area contributed by atoms with E-state index in [4.69, 9.17) is 9.47 Å². The molecule has 2 N–H and O–H groups in total. The summed E-state index contributed by atoms with van der Waals surface area (Å²) in [6.45, 7) is 2.58. The third-order valence-corrected chi connectivity index (χ3v) is 2.71. The molecule has 5 nitrogen and oxygen atoms in total. The van der Waals surface area contributed by atoms with E-state index >= 15 is 0 Å². The summed E-state index contributed by atoms with van der Waals surface area (Å²) in [7, 11) is 1.60. The summed E-state index contributed by atoms with van der Waals surface area (Å²) in [5.41, 5.74) is 0.584. The number of aliphatic imine (C=N–C) groups is 1. The van der Waals surface area contributed by atoms with Gasteiger partial charge in [-0.15, -0.1) is 24.0 Å². The molecular formula is C15H23F3IN3O2. The van der Waals surface area contributed by atoms with Crippen molar-refractivity contribution in [2.75, 3.05) is 33.4 Å². The normalized spacial score (nSPS) is 11.6. The maximum atomic E-state index is 12.3. The average Bonchev–Trinajstić information content (AvgIpc) is 2.51. The summed E-state index contributed by atoms with van der Waals surface area (Å²) in [5.74, 6) is 0.747. The van der Waals surface area contributed by atoms with Crippen LogP contribution in [0.3, 0.4) is 0 Å². The number of hydrogen-bond donors (Lipinski definition) is 2. The van der Waals surface area contributed by atoms with Crippen LogP contribution in [-0.2, 0) is 11.3 Å². The Balaban J connectivity index is 0.00000529. The molecule has 0 aromatic heterocycles. The van der Waals surface area contributed by atoms with Crippen LogP contribution in [0.25, 0.3) is 0 Å². The highest BCUT2D eigenvalue weighted by atomic mass is 127. The van der Waals surface area contributed by atoms with Gasteiger partial charge in [-0.2, -0.15) is 13.2 Å². The van der Waals surface area contributed by atoms with Gasteiger partial charge in [-0.3, -0.25) is 0 Å². The molecule has 0 unspecified atom stereocenters. The number of rotatable bonds is 8. The van der Waals surface area contributed by atoms with E-state index in [-0.39, 0.29) is 36.3 Å². The van der Waals surface area contributed by atoms with Crippen molar-refractivity contribution >= 4 is 29.9 Å². The third-order valence-electron chi connectivity index (χ3n) is 2.71. The minimum absolute atomic E-state index is 0. The Bertz CT molecular complexity index is 499. The van der Waals surface area contributed by atoms with Crippen molar-refractivity contribution in [3.05, 3.63) is 29.8 Å². The lowest BCUT2D eigenvalue weighted by Crippen LogP contribution is -2.38. The summed E-state index contributed by atoms with van der Waals surface area (Å²) in [4.78, 5) is 4.34. The second-order valence-corrected chi connectivity index (χ2v) is 4.63. The Morgan fingerprint density at radius 1 is 1.21 bits per heavy atom. The molecule has 0 aliphatic rings. The van der Waals surface area contributed by atoms with E-state index in [0.29, 0.717) is 31.2 Å². The number of para-hydroxylation sites is 1. The summed E-state index contributed by atoms with van der Waals surface area (Å²) in [6.07, 6.45) is -4.37. The number of alkyl halides is 3. The Morgan fingerprint density at radius 3 is 2.54 bits per heavy atom. The molecule has 0 fully saturated rings. The van der Waals surface area contributed by atoms with Gasteiger partial charge >= 0.3 is 6.18 Å². The lowest BCUT2D eigenvalue weighted by Gasteiger charge is -2.13. The first kappa shape index (κ1) is 22.8. The predicted molar refractivity (Wildman–Crippen MR) is 98.1 cm³/mol. The fourth-order valence-electron chi connectivity index (χ4n) is 1.71. The van der Waals surface area contributed by atoms with E-state index in [9.17, 15) is 13.2 Å². The van der Waals surface area contributed by atoms with Crippen LogP contribution < -0.4 is 15.4 Å². The van der Waals surface area contributed by atoms with Gasteiger partial charge in [0.05, 0.1) is 13.2 Å². The monoisotopic (exact) mass is 461 g/mol. The van der Waals surface area contributed by atoms with Crippen molar-refractivity contribution in [3.63, 3.8) is 0 Å². The largest absolute Gasteiger partial charge is 0.484 e. The van der Waals surface area contributed by atoms with Crippen LogP contribution in [0.4, 0.5) is 13.2 Å². The van der Waals surface area contributed by atoms with E-state index in [1.165, 1.54) is 6.07 Å². The summed E-state index contributed by atoms with van der Waals surface area (Å²) < 4.78 is 46.6. The van der Waals surface area contributed by atoms with E-state index < -0.39 is 12.8 Å². The SMILES string of the molecule is CCNC(=NCc1ccccc1OCC(F)(F)F)NCCOC.I. The number of guanidine groups is 1. The topological polar surface area (TPSA) is 54.9 Å². The molecule has 0 saturated heterocycles. The fourth-order valence-corrected chi connectivity index (χ4v) is 1.71. The standard InChI is InChI=1S/C15H22F3N3O2.HI/c1-3-19-14(20-8-9-22-2)21-10-12-6-4-5-7-13(12)23-11-15(16,17)18;/h4-7H,3,8-11H2,1-2H3,(H2,19,20,21);1H. The van der Waals surface area contributed by atoms with Crippen LogP contribution in [0.15, 0.2) is 29.3 Å². The minimum Gasteiger partial charge on any atom is -0.484 e. The molecular weight excluding hydrogens is 438 g/mol. The first-order valence-electron chi connectivity index (χ1n) is 7.25. The molecule has 0 aliphatic carbocycles. The van der Waals surface area contributed by atoms with Gasteiger partial charge in [0.15, 0.2) is 12.6 Å². The van der Waals surface area contributed by atoms with Crippen LogP contribution in [0, 0.1) is 0 Å². The highest BCUT2D eigenvalue weighted by Crippen LogP contribution is 2.22. The van der Waals surface area contributed by atoms with Crippen molar-refractivity contribution in [1.82, 2.24) is 10.6 Å². The number of ether oxygens (including phenoxy) is 2. The number of hydrogen-bond acceptors (Lipinski definition) is 3. The van der Waals surface area contributed by atoms with Gasteiger partial charge in [-0.05, 0) is 13.0 Å². The van der Waals surface area contributed by atoms with Crippen LogP contribution in [-0.4, -0.2) is 45.5 Å². The summed E-state index contributed by atoms with van der Waals surface area (Å²) in [5, 5.41) is 6.11. The summed E-state index contributed by atoms with van der Waals surface area (Å²) in [6, 6.07) is 6.55. The second-order valence-electron chi connectivity index (χ2n) is 4.63. The Hall–Kier alpha value is -1.23. The van der Waals surface area contributed by atoms with Crippen molar-refractivity contribution in [3.8, 4) is 5.75 Å². The number of halogens is 4. The lowest BCUT2D eigenvalue weighted by molar-refractivity contribution is -0.153. The number of nitrogens with zero attached hydrogens (tertiary/aromatic N) is 1. The van der Waals surface area contributed by atoms with Crippen LogP contribution >= 0.6 is 24.0 Å². The molecule has 1 rings (SSSR count). The lowest BCUT2D eigenvalue weighted by atomic mass is 10.2. The third kappa shape index (κ3) is 9.81. The molecule has 0 amide bonds. The van der Waals surface area contributed by atoms with Gasteiger partial charge in [-0.1, -0.05) is 18.2 Å². The first-order chi connectivity index (χ1) is 11.0. The van der Waals surface area contributed by atoms with Crippen molar-refractivity contribution in [1.29, 1.82) is 0 Å². The number of nitrogens with one attached hydrogen (secondary N) is 2. The molecule has 0 spiro atoms. The molecule has 9 heteroatoms. The highest BCUT2D eigenvalue weighted by Gasteiger charge is 2.28. The zero-order chi connectivity index (χ0) is 17.1. The average molecular weight is 461 g/mol. The molecule has 138 valence electrons. The Kier molecular flexibility index (Phi) is 11.6. The minimum atomic E-state index is -4.37. The molecule has 24 heavy (non-hydrogen) atoms. The molecule has 0 bridgehead atoms. The molecule has 0 radical (unpaired) electrons. The van der Waals surface area contributed by atoms with Gasteiger partial charge in [0, 0.05) is 25.8 Å². The zero-order valence-electron chi connectivity index (χ0n) is 13.7. The smallest absolute Gasteiger partial charge is 0.422 e. The molecule has 0 saturated carbocycles. The van der Waals surface area contributed by atoms with Gasteiger partial charge in [0.2, 0.25) is 0 Å². The van der Waals surface area contributed by atoms with E-state index in [1.807, 2.05) is 6.92 Å². The highest BCUT2D eigenvalue weighted by molar-refractivity contribution is 14.0. The Labute approximate surface area is 157 Å². The van der Waals surface area contributed by atoms with Crippen molar-refractivity contribution in [2.45, 2.75) is 19.6 Å². The maximum Gasteiger partial charge on any atom is 0.422 e. The maximum absolute atomic E-state index is 12.3. The second kappa shape index (κ2) is 12.2. The van der Waals surface area contributed by atoms with Gasteiger partial charge in [0.25, 0.3) is 0 Å². The number of methoxy groups -OCH3 is 1. The molecule has 1 aromatic carbocycles. The van der Waals surface area contributed by atoms with E-state index in [2.05, 4.69) is 15.6 Å². The van der Waals surface area contributed by atoms with Crippen LogP contribution in [0.5, 0.6) is 5.75 Å². The van der Waals surface area contributed by atoms with Crippen molar-refractivity contribution < 1.29 is 22.6 Å². The van der Waals surface area contributed by atoms with Crippen LogP contribution in [0.1, 0.15) is 12.5 Å². The zero-order valence-corrected chi connectivity index (χ0v) is 16.0. The van der Waals surface area contributed by atoms with Gasteiger partial charge < -0.3 is 20.1 Å².